The van der Waals surface area contributed by atoms with Crippen molar-refractivity contribution in [2.45, 2.75) is 32.7 Å². The van der Waals surface area contributed by atoms with E-state index in [1.165, 1.54) is 37.9 Å². The van der Waals surface area contributed by atoms with E-state index in [4.69, 9.17) is 0 Å². The van der Waals surface area contributed by atoms with E-state index < -0.39 is 0 Å². The molecule has 0 saturated carbocycles. The lowest BCUT2D eigenvalue weighted by Crippen LogP contribution is -2.37. The molecule has 0 aromatic carbocycles. The highest BCUT2D eigenvalue weighted by atomic mass is 15.2. The largest absolute Gasteiger partial charge is 0.341 e. The SMILES string of the molecule is Cc1ncc(CN2CC[C@H](C3CCN(c4ncccn4)CC3)C2)cn1. The molecule has 0 amide bonds. The van der Waals surface area contributed by atoms with Crippen molar-refractivity contribution in [2.75, 3.05) is 31.1 Å². The Balaban J connectivity index is 1.27. The molecule has 2 aromatic heterocycles. The van der Waals surface area contributed by atoms with E-state index in [1.807, 2.05) is 37.8 Å². The van der Waals surface area contributed by atoms with Crippen LogP contribution in [-0.2, 0) is 6.54 Å². The van der Waals surface area contributed by atoms with Gasteiger partial charge in [-0.3, -0.25) is 4.90 Å². The summed E-state index contributed by atoms with van der Waals surface area (Å²) in [7, 11) is 0. The zero-order chi connectivity index (χ0) is 17.1. The van der Waals surface area contributed by atoms with E-state index >= 15 is 0 Å². The number of aromatic nitrogens is 4. The van der Waals surface area contributed by atoms with Crippen LogP contribution in [0.1, 0.15) is 30.7 Å². The molecule has 4 rings (SSSR count). The molecule has 6 heteroatoms. The first-order chi connectivity index (χ1) is 12.3. The van der Waals surface area contributed by atoms with Crippen molar-refractivity contribution in [3.05, 3.63) is 42.2 Å². The van der Waals surface area contributed by atoms with Crippen molar-refractivity contribution in [3.8, 4) is 0 Å². The van der Waals surface area contributed by atoms with Gasteiger partial charge in [-0.15, -0.1) is 0 Å². The van der Waals surface area contributed by atoms with Gasteiger partial charge in [0.05, 0.1) is 0 Å². The van der Waals surface area contributed by atoms with Gasteiger partial charge in [0.1, 0.15) is 5.82 Å². The zero-order valence-corrected chi connectivity index (χ0v) is 14.9. The summed E-state index contributed by atoms with van der Waals surface area (Å²) in [4.78, 5) is 22.3. The second kappa shape index (κ2) is 7.44. The molecule has 0 bridgehead atoms. The molecule has 6 nitrogen and oxygen atoms in total. The van der Waals surface area contributed by atoms with Crippen molar-refractivity contribution in [1.29, 1.82) is 0 Å². The number of hydrogen-bond donors (Lipinski definition) is 0. The van der Waals surface area contributed by atoms with E-state index in [1.54, 1.807) is 0 Å². The Kier molecular flexibility index (Phi) is 4.88. The Morgan fingerprint density at radius 3 is 2.32 bits per heavy atom. The summed E-state index contributed by atoms with van der Waals surface area (Å²) >= 11 is 0. The van der Waals surface area contributed by atoms with E-state index in [0.717, 1.165) is 43.2 Å². The quantitative estimate of drug-likeness (QED) is 0.853. The maximum absolute atomic E-state index is 4.38. The first-order valence-corrected chi connectivity index (χ1v) is 9.30. The molecule has 0 spiro atoms. The lowest BCUT2D eigenvalue weighted by atomic mass is 9.84. The van der Waals surface area contributed by atoms with Crippen molar-refractivity contribution in [1.82, 2.24) is 24.8 Å². The fourth-order valence-electron chi connectivity index (χ4n) is 4.18. The van der Waals surface area contributed by atoms with Gasteiger partial charge >= 0.3 is 0 Å². The minimum atomic E-state index is 0.824. The molecule has 0 aliphatic carbocycles. The number of anilines is 1. The molecule has 2 aliphatic rings. The average Bonchev–Trinajstić information content (AvgIpc) is 3.13. The van der Waals surface area contributed by atoms with Crippen molar-refractivity contribution in [3.63, 3.8) is 0 Å². The van der Waals surface area contributed by atoms with Crippen molar-refractivity contribution >= 4 is 5.95 Å². The molecule has 2 saturated heterocycles. The smallest absolute Gasteiger partial charge is 0.225 e. The van der Waals surface area contributed by atoms with Crippen LogP contribution in [0, 0.1) is 18.8 Å². The molecule has 2 fully saturated rings. The summed E-state index contributed by atoms with van der Waals surface area (Å²) in [6, 6.07) is 1.88. The normalized spacial score (nSPS) is 22.4. The predicted molar refractivity (Wildman–Crippen MR) is 97.1 cm³/mol. The summed E-state index contributed by atoms with van der Waals surface area (Å²) in [5.41, 5.74) is 1.22. The number of piperidine rings is 1. The second-order valence-corrected chi connectivity index (χ2v) is 7.30. The fraction of sp³-hybridized carbons (Fsp3) is 0.579. The van der Waals surface area contributed by atoms with Crippen LogP contribution in [0.2, 0.25) is 0 Å². The summed E-state index contributed by atoms with van der Waals surface area (Å²) in [6.45, 7) is 7.48. The summed E-state index contributed by atoms with van der Waals surface area (Å²) < 4.78 is 0. The van der Waals surface area contributed by atoms with E-state index in [0.29, 0.717) is 0 Å². The van der Waals surface area contributed by atoms with Gasteiger partial charge in [0.2, 0.25) is 5.95 Å². The van der Waals surface area contributed by atoms with Crippen molar-refractivity contribution in [2.24, 2.45) is 11.8 Å². The van der Waals surface area contributed by atoms with Gasteiger partial charge in [-0.25, -0.2) is 19.9 Å². The standard InChI is InChI=1S/C19H26N6/c1-15-22-11-16(12-23-15)13-24-8-3-18(14-24)17-4-9-25(10-5-17)19-20-6-2-7-21-19/h2,6-7,11-12,17-18H,3-5,8-10,13-14H2,1H3/t18-/m0/s1. The Hall–Kier alpha value is -2.08. The van der Waals surface area contributed by atoms with Crippen LogP contribution >= 0.6 is 0 Å². The molecule has 132 valence electrons. The van der Waals surface area contributed by atoms with Gasteiger partial charge in [0.25, 0.3) is 0 Å². The van der Waals surface area contributed by atoms with Crippen molar-refractivity contribution < 1.29 is 0 Å². The summed E-state index contributed by atoms with van der Waals surface area (Å²) in [5, 5.41) is 0. The highest BCUT2D eigenvalue weighted by molar-refractivity contribution is 5.28. The van der Waals surface area contributed by atoms with Gasteiger partial charge in [-0.1, -0.05) is 0 Å². The summed E-state index contributed by atoms with van der Waals surface area (Å²) in [5.74, 6) is 3.38. The first-order valence-electron chi connectivity index (χ1n) is 9.30. The molecule has 2 aromatic rings. The van der Waals surface area contributed by atoms with Gasteiger partial charge in [-0.2, -0.15) is 0 Å². The maximum Gasteiger partial charge on any atom is 0.225 e. The number of likely N-dealkylation sites (tertiary alicyclic amines) is 1. The predicted octanol–water partition coefficient (Wildman–Crippen LogP) is 2.31. The van der Waals surface area contributed by atoms with Crippen LogP contribution in [-0.4, -0.2) is 51.0 Å². The fourth-order valence-corrected chi connectivity index (χ4v) is 4.18. The number of aryl methyl sites for hydroxylation is 1. The van der Waals surface area contributed by atoms with Gasteiger partial charge in [0.15, 0.2) is 0 Å². The third-order valence-electron chi connectivity index (χ3n) is 5.59. The second-order valence-electron chi connectivity index (χ2n) is 7.30. The molecule has 4 heterocycles. The third-order valence-corrected chi connectivity index (χ3v) is 5.59. The van der Waals surface area contributed by atoms with Crippen LogP contribution in [0.4, 0.5) is 5.95 Å². The Bertz CT molecular complexity index is 666. The van der Waals surface area contributed by atoms with Crippen LogP contribution in [0.3, 0.4) is 0 Å². The Morgan fingerprint density at radius 1 is 0.920 bits per heavy atom. The van der Waals surface area contributed by atoms with Crippen LogP contribution in [0.5, 0.6) is 0 Å². The summed E-state index contributed by atoms with van der Waals surface area (Å²) in [6.07, 6.45) is 11.4. The van der Waals surface area contributed by atoms with Crippen LogP contribution < -0.4 is 4.90 Å². The number of rotatable bonds is 4. The zero-order valence-electron chi connectivity index (χ0n) is 14.9. The van der Waals surface area contributed by atoms with Gasteiger partial charge in [0, 0.05) is 56.5 Å². The molecule has 2 aliphatic heterocycles. The molecule has 25 heavy (non-hydrogen) atoms. The van der Waals surface area contributed by atoms with Gasteiger partial charge < -0.3 is 4.90 Å². The van der Waals surface area contributed by atoms with E-state index in [9.17, 15) is 0 Å². The lowest BCUT2D eigenvalue weighted by molar-refractivity contribution is 0.251. The average molecular weight is 338 g/mol. The molecule has 0 radical (unpaired) electrons. The van der Waals surface area contributed by atoms with E-state index in [2.05, 4.69) is 29.7 Å². The topological polar surface area (TPSA) is 58.0 Å². The minimum Gasteiger partial charge on any atom is -0.341 e. The first kappa shape index (κ1) is 16.4. The molecule has 0 unspecified atom stereocenters. The van der Waals surface area contributed by atoms with Crippen LogP contribution in [0.15, 0.2) is 30.9 Å². The van der Waals surface area contributed by atoms with Gasteiger partial charge in [-0.05, 0) is 50.6 Å². The minimum absolute atomic E-state index is 0.824. The molecular formula is C19H26N6. The van der Waals surface area contributed by atoms with Crippen LogP contribution in [0.25, 0.3) is 0 Å². The lowest BCUT2D eigenvalue weighted by Gasteiger charge is -2.34. The van der Waals surface area contributed by atoms with E-state index in [-0.39, 0.29) is 0 Å². The third kappa shape index (κ3) is 3.95. The monoisotopic (exact) mass is 338 g/mol. The Labute approximate surface area is 149 Å². The maximum atomic E-state index is 4.38. The highest BCUT2D eigenvalue weighted by Gasteiger charge is 2.32. The number of nitrogens with zero attached hydrogens (tertiary/aromatic N) is 6. The molecular weight excluding hydrogens is 312 g/mol. The molecule has 0 N–H and O–H groups in total. The highest BCUT2D eigenvalue weighted by Crippen LogP contribution is 2.33. The Morgan fingerprint density at radius 2 is 1.60 bits per heavy atom. The number of hydrogen-bond acceptors (Lipinski definition) is 6. The molecule has 1 atom stereocenters.